The molecule has 2 aromatic rings. The molecular weight excluding hydrogens is 366 g/mol. The molecule has 2 heterocycles. The Bertz CT molecular complexity index is 837. The Labute approximate surface area is 161 Å². The number of thiophene rings is 1. The van der Waals surface area contributed by atoms with Gasteiger partial charge in [-0.15, -0.1) is 11.3 Å². The van der Waals surface area contributed by atoms with Gasteiger partial charge in [-0.3, -0.25) is 4.79 Å². The summed E-state index contributed by atoms with van der Waals surface area (Å²) in [5.41, 5.74) is 1.83. The summed E-state index contributed by atoms with van der Waals surface area (Å²) in [5.74, 6) is 0.419. The van der Waals surface area contributed by atoms with E-state index in [1.165, 1.54) is 34.6 Å². The number of esters is 1. The lowest BCUT2D eigenvalue weighted by Gasteiger charge is -2.18. The van der Waals surface area contributed by atoms with Crippen LogP contribution in [0.5, 0.6) is 11.5 Å². The van der Waals surface area contributed by atoms with Crippen LogP contribution in [-0.2, 0) is 22.4 Å². The molecule has 1 aromatic carbocycles. The third-order valence-electron chi connectivity index (χ3n) is 4.61. The molecule has 6 nitrogen and oxygen atoms in total. The second kappa shape index (κ2) is 8.00. The lowest BCUT2D eigenvalue weighted by Crippen LogP contribution is -2.21. The minimum Gasteiger partial charge on any atom is -0.486 e. The molecule has 4 rings (SSSR count). The standard InChI is InChI=1S/C20H21NO5S/c22-19(21-14-6-7-15-16(11-14)25-9-8-24-15)12-26-20(23)18-10-13-4-2-1-3-5-17(13)27-18/h6-7,10-11H,1-5,8-9,12H2,(H,21,22). The van der Waals surface area contributed by atoms with E-state index in [4.69, 9.17) is 14.2 Å². The Morgan fingerprint density at radius 1 is 1.04 bits per heavy atom. The van der Waals surface area contributed by atoms with E-state index in [1.54, 1.807) is 18.2 Å². The topological polar surface area (TPSA) is 73.9 Å². The Morgan fingerprint density at radius 2 is 1.85 bits per heavy atom. The molecule has 0 bridgehead atoms. The molecule has 1 aromatic heterocycles. The number of nitrogens with one attached hydrogen (secondary N) is 1. The zero-order valence-corrected chi connectivity index (χ0v) is 15.7. The second-order valence-electron chi connectivity index (χ2n) is 6.60. The number of carbonyl (C=O) groups excluding carboxylic acids is 2. The first-order valence-corrected chi connectivity index (χ1v) is 9.99. The minimum atomic E-state index is -0.439. The van der Waals surface area contributed by atoms with Crippen LogP contribution in [0, 0.1) is 0 Å². The highest BCUT2D eigenvalue weighted by Crippen LogP contribution is 2.32. The minimum absolute atomic E-state index is 0.324. The van der Waals surface area contributed by atoms with Crippen molar-refractivity contribution in [1.82, 2.24) is 0 Å². The Kier molecular flexibility index (Phi) is 5.29. The van der Waals surface area contributed by atoms with E-state index in [-0.39, 0.29) is 6.61 Å². The van der Waals surface area contributed by atoms with E-state index >= 15 is 0 Å². The molecule has 0 atom stereocenters. The van der Waals surface area contributed by atoms with Gasteiger partial charge in [-0.1, -0.05) is 6.42 Å². The summed E-state index contributed by atoms with van der Waals surface area (Å²) < 4.78 is 16.1. The van der Waals surface area contributed by atoms with Crippen molar-refractivity contribution < 1.29 is 23.8 Å². The number of rotatable bonds is 4. The summed E-state index contributed by atoms with van der Waals surface area (Å²) >= 11 is 1.49. The highest BCUT2D eigenvalue weighted by atomic mass is 32.1. The largest absolute Gasteiger partial charge is 0.486 e. The first kappa shape index (κ1) is 17.9. The maximum absolute atomic E-state index is 12.3. The number of aryl methyl sites for hydroxylation is 2. The van der Waals surface area contributed by atoms with Crippen LogP contribution in [0.2, 0.25) is 0 Å². The van der Waals surface area contributed by atoms with Gasteiger partial charge in [0.05, 0.1) is 0 Å². The zero-order chi connectivity index (χ0) is 18.6. The van der Waals surface area contributed by atoms with Crippen LogP contribution in [0.15, 0.2) is 24.3 Å². The van der Waals surface area contributed by atoms with E-state index in [9.17, 15) is 9.59 Å². The molecule has 0 unspecified atom stereocenters. The number of hydrogen-bond acceptors (Lipinski definition) is 6. The molecule has 0 fully saturated rings. The summed E-state index contributed by atoms with van der Waals surface area (Å²) in [6.07, 6.45) is 5.61. The average molecular weight is 387 g/mol. The van der Waals surface area contributed by atoms with Crippen LogP contribution in [0.3, 0.4) is 0 Å². The molecule has 142 valence electrons. The Morgan fingerprint density at radius 3 is 2.74 bits per heavy atom. The van der Waals surface area contributed by atoms with Crippen molar-refractivity contribution in [3.8, 4) is 11.5 Å². The molecular formula is C20H21NO5S. The average Bonchev–Trinajstić information content (AvgIpc) is 2.97. The van der Waals surface area contributed by atoms with Crippen molar-refractivity contribution in [2.75, 3.05) is 25.1 Å². The predicted molar refractivity (Wildman–Crippen MR) is 102 cm³/mol. The first-order chi connectivity index (χ1) is 13.2. The molecule has 7 heteroatoms. The summed E-state index contributed by atoms with van der Waals surface area (Å²) in [6, 6.07) is 7.09. The normalized spacial score (nSPS) is 15.4. The number of anilines is 1. The Hall–Kier alpha value is -2.54. The van der Waals surface area contributed by atoms with E-state index < -0.39 is 11.9 Å². The van der Waals surface area contributed by atoms with Gasteiger partial charge in [-0.2, -0.15) is 0 Å². The van der Waals surface area contributed by atoms with Crippen molar-refractivity contribution in [2.24, 2.45) is 0 Å². The lowest BCUT2D eigenvalue weighted by molar-refractivity contribution is -0.119. The first-order valence-electron chi connectivity index (χ1n) is 9.17. The van der Waals surface area contributed by atoms with Crippen LogP contribution in [-0.4, -0.2) is 31.7 Å². The number of benzene rings is 1. The highest BCUT2D eigenvalue weighted by Gasteiger charge is 2.19. The van der Waals surface area contributed by atoms with Gasteiger partial charge >= 0.3 is 5.97 Å². The van der Waals surface area contributed by atoms with Gasteiger partial charge in [0.15, 0.2) is 18.1 Å². The monoisotopic (exact) mass is 387 g/mol. The maximum atomic E-state index is 12.3. The van der Waals surface area contributed by atoms with E-state index in [2.05, 4.69) is 5.32 Å². The van der Waals surface area contributed by atoms with E-state index in [0.29, 0.717) is 35.3 Å². The number of carbonyl (C=O) groups is 2. The molecule has 1 N–H and O–H groups in total. The van der Waals surface area contributed by atoms with Crippen LogP contribution in [0.4, 0.5) is 5.69 Å². The van der Waals surface area contributed by atoms with E-state index in [0.717, 1.165) is 19.3 Å². The molecule has 0 saturated heterocycles. The number of fused-ring (bicyclic) bond motifs is 2. The highest BCUT2D eigenvalue weighted by molar-refractivity contribution is 7.14. The summed E-state index contributed by atoms with van der Waals surface area (Å²) in [7, 11) is 0. The third kappa shape index (κ3) is 4.24. The van der Waals surface area contributed by atoms with Crippen LogP contribution in [0.25, 0.3) is 0 Å². The van der Waals surface area contributed by atoms with Crippen LogP contribution in [0.1, 0.15) is 39.4 Å². The summed E-state index contributed by atoms with van der Waals surface area (Å²) in [4.78, 5) is 26.2. The molecule has 0 saturated carbocycles. The van der Waals surface area contributed by atoms with Gasteiger partial charge < -0.3 is 19.5 Å². The van der Waals surface area contributed by atoms with Crippen LogP contribution < -0.4 is 14.8 Å². The SMILES string of the molecule is O=C(COC(=O)c1cc2c(s1)CCCCC2)Nc1ccc2c(c1)OCCO2. The van der Waals surface area contributed by atoms with Crippen molar-refractivity contribution in [1.29, 1.82) is 0 Å². The zero-order valence-electron chi connectivity index (χ0n) is 14.9. The maximum Gasteiger partial charge on any atom is 0.348 e. The van der Waals surface area contributed by atoms with Gasteiger partial charge in [-0.05, 0) is 49.4 Å². The van der Waals surface area contributed by atoms with Gasteiger partial charge in [0.1, 0.15) is 18.1 Å². The quantitative estimate of drug-likeness (QED) is 0.641. The van der Waals surface area contributed by atoms with Crippen molar-refractivity contribution in [3.05, 3.63) is 39.6 Å². The third-order valence-corrected chi connectivity index (χ3v) is 5.83. The van der Waals surface area contributed by atoms with Crippen molar-refractivity contribution >= 4 is 28.9 Å². The van der Waals surface area contributed by atoms with Crippen molar-refractivity contribution in [2.45, 2.75) is 32.1 Å². The molecule has 1 aliphatic carbocycles. The van der Waals surface area contributed by atoms with Gasteiger partial charge in [0, 0.05) is 16.6 Å². The second-order valence-corrected chi connectivity index (χ2v) is 7.74. The lowest BCUT2D eigenvalue weighted by atomic mass is 10.1. The molecule has 1 aliphatic heterocycles. The molecule has 27 heavy (non-hydrogen) atoms. The molecule has 1 amide bonds. The number of ether oxygens (including phenoxy) is 3. The number of hydrogen-bond donors (Lipinski definition) is 1. The fourth-order valence-electron chi connectivity index (χ4n) is 3.29. The molecule has 0 spiro atoms. The van der Waals surface area contributed by atoms with E-state index in [1.807, 2.05) is 6.07 Å². The smallest absolute Gasteiger partial charge is 0.348 e. The predicted octanol–water partition coefficient (Wildman–Crippen LogP) is 3.58. The fraction of sp³-hybridized carbons (Fsp3) is 0.400. The van der Waals surface area contributed by atoms with Crippen molar-refractivity contribution in [3.63, 3.8) is 0 Å². The van der Waals surface area contributed by atoms with Gasteiger partial charge in [0.2, 0.25) is 0 Å². The Balaban J connectivity index is 1.32. The van der Waals surface area contributed by atoms with Gasteiger partial charge in [-0.25, -0.2) is 4.79 Å². The molecule has 2 aliphatic rings. The molecule has 0 radical (unpaired) electrons. The summed E-state index contributed by atoms with van der Waals surface area (Å²) in [5, 5.41) is 2.71. The summed E-state index contributed by atoms with van der Waals surface area (Å²) in [6.45, 7) is 0.670. The fourth-order valence-corrected chi connectivity index (χ4v) is 4.44. The number of amides is 1. The van der Waals surface area contributed by atoms with Crippen LogP contribution >= 0.6 is 11.3 Å². The van der Waals surface area contributed by atoms with Gasteiger partial charge in [0.25, 0.3) is 5.91 Å².